The Balaban J connectivity index is 1.70. The van der Waals surface area contributed by atoms with Crippen molar-refractivity contribution in [2.45, 2.75) is 19.4 Å². The van der Waals surface area contributed by atoms with Crippen LogP contribution in [0.4, 0.5) is 5.95 Å². The van der Waals surface area contributed by atoms with Gasteiger partial charge in [-0.2, -0.15) is 4.98 Å². The number of benzene rings is 1. The number of hydrogen-bond donors (Lipinski definition) is 2. The van der Waals surface area contributed by atoms with Gasteiger partial charge in [-0.3, -0.25) is 5.10 Å². The normalized spacial score (nSPS) is 19.3. The molecule has 0 aliphatic carbocycles. The van der Waals surface area contributed by atoms with Crippen LogP contribution in [0.1, 0.15) is 18.3 Å². The van der Waals surface area contributed by atoms with Crippen LogP contribution < -0.4 is 10.2 Å². The Morgan fingerprint density at radius 1 is 1.45 bits per heavy atom. The van der Waals surface area contributed by atoms with Crippen LogP contribution in [0.3, 0.4) is 0 Å². The van der Waals surface area contributed by atoms with E-state index in [9.17, 15) is 0 Å². The molecule has 1 saturated heterocycles. The Labute approximate surface area is 123 Å². The maximum absolute atomic E-state index is 5.99. The van der Waals surface area contributed by atoms with Crippen molar-refractivity contribution < 1.29 is 0 Å². The average Bonchev–Trinajstić information content (AvgIpc) is 2.87. The molecule has 3 rings (SSSR count). The summed E-state index contributed by atoms with van der Waals surface area (Å²) < 4.78 is 0. The second kappa shape index (κ2) is 5.81. The number of nitrogens with one attached hydrogen (secondary N) is 2. The molecular formula is C14H18ClN5. The van der Waals surface area contributed by atoms with Crippen LogP contribution in [0.25, 0.3) is 0 Å². The lowest BCUT2D eigenvalue weighted by atomic mass is 10.1. The van der Waals surface area contributed by atoms with Crippen molar-refractivity contribution >= 4 is 17.5 Å². The van der Waals surface area contributed by atoms with Crippen molar-refractivity contribution in [3.63, 3.8) is 0 Å². The molecule has 0 bridgehead atoms. The third kappa shape index (κ3) is 3.11. The number of aromatic nitrogens is 3. The van der Waals surface area contributed by atoms with Gasteiger partial charge in [0.2, 0.25) is 5.95 Å². The molecule has 20 heavy (non-hydrogen) atoms. The zero-order valence-electron chi connectivity index (χ0n) is 11.4. The molecule has 1 aliphatic rings. The Morgan fingerprint density at radius 3 is 3.15 bits per heavy atom. The second-order valence-electron chi connectivity index (χ2n) is 5.19. The van der Waals surface area contributed by atoms with Crippen LogP contribution in [-0.4, -0.2) is 40.9 Å². The summed E-state index contributed by atoms with van der Waals surface area (Å²) in [5.74, 6) is 1.66. The lowest BCUT2D eigenvalue weighted by Crippen LogP contribution is -2.49. The Bertz CT molecular complexity index is 582. The Morgan fingerprint density at radius 2 is 2.35 bits per heavy atom. The van der Waals surface area contributed by atoms with E-state index >= 15 is 0 Å². The number of rotatable bonds is 3. The van der Waals surface area contributed by atoms with Gasteiger partial charge in [-0.25, -0.2) is 0 Å². The molecule has 1 fully saturated rings. The van der Waals surface area contributed by atoms with Crippen LogP contribution in [0.5, 0.6) is 0 Å². The first-order valence-electron chi connectivity index (χ1n) is 6.85. The van der Waals surface area contributed by atoms with E-state index in [0.29, 0.717) is 6.04 Å². The zero-order chi connectivity index (χ0) is 13.9. The molecule has 2 aromatic rings. The maximum atomic E-state index is 5.99. The highest BCUT2D eigenvalue weighted by Gasteiger charge is 2.19. The zero-order valence-corrected chi connectivity index (χ0v) is 12.2. The van der Waals surface area contributed by atoms with Crippen molar-refractivity contribution in [3.8, 4) is 0 Å². The Kier molecular flexibility index (Phi) is 3.89. The van der Waals surface area contributed by atoms with E-state index < -0.39 is 0 Å². The first-order chi connectivity index (χ1) is 9.70. The summed E-state index contributed by atoms with van der Waals surface area (Å²) >= 11 is 5.99. The molecule has 0 spiro atoms. The molecule has 2 heterocycles. The first kappa shape index (κ1) is 13.4. The molecule has 6 heteroatoms. The van der Waals surface area contributed by atoms with E-state index in [-0.39, 0.29) is 0 Å². The number of aromatic amines is 1. The van der Waals surface area contributed by atoms with E-state index in [1.807, 2.05) is 24.3 Å². The van der Waals surface area contributed by atoms with Gasteiger partial charge in [-0.15, -0.1) is 5.10 Å². The van der Waals surface area contributed by atoms with Crippen LogP contribution >= 0.6 is 11.6 Å². The molecule has 1 aromatic heterocycles. The predicted octanol–water partition coefficient (Wildman–Crippen LogP) is 1.85. The highest BCUT2D eigenvalue weighted by molar-refractivity contribution is 6.30. The molecule has 0 amide bonds. The van der Waals surface area contributed by atoms with Crippen molar-refractivity contribution in [1.29, 1.82) is 0 Å². The summed E-state index contributed by atoms with van der Waals surface area (Å²) in [6.45, 7) is 5.03. The largest absolute Gasteiger partial charge is 0.337 e. The fourth-order valence-corrected chi connectivity index (χ4v) is 2.67. The predicted molar refractivity (Wildman–Crippen MR) is 80.3 cm³/mol. The van der Waals surface area contributed by atoms with Crippen molar-refractivity contribution in [1.82, 2.24) is 20.5 Å². The second-order valence-corrected chi connectivity index (χ2v) is 5.63. The number of piperazine rings is 1. The molecule has 1 atom stereocenters. The molecule has 106 valence electrons. The van der Waals surface area contributed by atoms with Crippen LogP contribution in [0.15, 0.2) is 24.3 Å². The topological polar surface area (TPSA) is 56.8 Å². The molecule has 1 unspecified atom stereocenters. The molecule has 1 aliphatic heterocycles. The van der Waals surface area contributed by atoms with Crippen LogP contribution in [-0.2, 0) is 6.42 Å². The summed E-state index contributed by atoms with van der Waals surface area (Å²) in [5, 5.41) is 11.5. The molecular weight excluding hydrogens is 274 g/mol. The van der Waals surface area contributed by atoms with Gasteiger partial charge in [-0.05, 0) is 24.6 Å². The number of halogens is 1. The SMILES string of the molecule is CC1CN(c2n[nH]c(Cc3cccc(Cl)c3)n2)CCN1. The van der Waals surface area contributed by atoms with Crippen molar-refractivity contribution in [3.05, 3.63) is 40.7 Å². The number of anilines is 1. The van der Waals surface area contributed by atoms with Crippen LogP contribution in [0.2, 0.25) is 5.02 Å². The third-order valence-electron chi connectivity index (χ3n) is 3.43. The Hall–Kier alpha value is -1.59. The molecule has 0 saturated carbocycles. The summed E-state index contributed by atoms with van der Waals surface area (Å²) in [5.41, 5.74) is 1.13. The quantitative estimate of drug-likeness (QED) is 0.906. The van der Waals surface area contributed by atoms with E-state index in [4.69, 9.17) is 11.6 Å². The lowest BCUT2D eigenvalue weighted by Gasteiger charge is -2.30. The van der Waals surface area contributed by atoms with Gasteiger partial charge in [-0.1, -0.05) is 23.7 Å². The fourth-order valence-electron chi connectivity index (χ4n) is 2.46. The minimum atomic E-state index is 0.471. The molecule has 2 N–H and O–H groups in total. The maximum Gasteiger partial charge on any atom is 0.244 e. The molecule has 5 nitrogen and oxygen atoms in total. The standard InChI is InChI=1S/C14H18ClN5/c1-10-9-20(6-5-16-10)14-17-13(18-19-14)8-11-3-2-4-12(15)7-11/h2-4,7,10,16H,5-6,8-9H2,1H3,(H,17,18,19). The van der Waals surface area contributed by atoms with E-state index in [1.54, 1.807) is 0 Å². The van der Waals surface area contributed by atoms with Gasteiger partial charge < -0.3 is 10.2 Å². The summed E-state index contributed by atoms with van der Waals surface area (Å²) in [6.07, 6.45) is 0.717. The van der Waals surface area contributed by atoms with Gasteiger partial charge in [0.05, 0.1) is 0 Å². The highest BCUT2D eigenvalue weighted by Crippen LogP contribution is 2.15. The number of H-pyrrole nitrogens is 1. The summed E-state index contributed by atoms with van der Waals surface area (Å²) in [7, 11) is 0. The monoisotopic (exact) mass is 291 g/mol. The van der Waals surface area contributed by atoms with E-state index in [1.165, 1.54) is 0 Å². The fraction of sp³-hybridized carbons (Fsp3) is 0.429. The number of hydrogen-bond acceptors (Lipinski definition) is 4. The smallest absolute Gasteiger partial charge is 0.244 e. The summed E-state index contributed by atoms with van der Waals surface area (Å²) in [4.78, 5) is 6.79. The van der Waals surface area contributed by atoms with Gasteiger partial charge >= 0.3 is 0 Å². The van der Waals surface area contributed by atoms with Gasteiger partial charge in [0.1, 0.15) is 5.82 Å². The molecule has 0 radical (unpaired) electrons. The first-order valence-corrected chi connectivity index (χ1v) is 7.22. The van der Waals surface area contributed by atoms with Gasteiger partial charge in [0.25, 0.3) is 0 Å². The summed E-state index contributed by atoms with van der Waals surface area (Å²) in [6, 6.07) is 8.29. The minimum absolute atomic E-state index is 0.471. The van der Waals surface area contributed by atoms with E-state index in [0.717, 1.165) is 48.4 Å². The van der Waals surface area contributed by atoms with E-state index in [2.05, 4.69) is 32.3 Å². The number of nitrogens with zero attached hydrogens (tertiary/aromatic N) is 3. The third-order valence-corrected chi connectivity index (χ3v) is 3.67. The van der Waals surface area contributed by atoms with Gasteiger partial charge in [0.15, 0.2) is 0 Å². The van der Waals surface area contributed by atoms with Gasteiger partial charge in [0, 0.05) is 37.1 Å². The minimum Gasteiger partial charge on any atom is -0.337 e. The van der Waals surface area contributed by atoms with Crippen LogP contribution in [0, 0.1) is 0 Å². The lowest BCUT2D eigenvalue weighted by molar-refractivity contribution is 0.480. The van der Waals surface area contributed by atoms with Crippen molar-refractivity contribution in [2.75, 3.05) is 24.5 Å². The van der Waals surface area contributed by atoms with Crippen molar-refractivity contribution in [2.24, 2.45) is 0 Å². The average molecular weight is 292 g/mol. The highest BCUT2D eigenvalue weighted by atomic mass is 35.5. The molecule has 1 aromatic carbocycles.